The third kappa shape index (κ3) is 4.02. The summed E-state index contributed by atoms with van der Waals surface area (Å²) in [6, 6.07) is 14.7. The Labute approximate surface area is 151 Å². The predicted molar refractivity (Wildman–Crippen MR) is 100 cm³/mol. The Hall–Kier alpha value is -2.34. The van der Waals surface area contributed by atoms with Crippen molar-refractivity contribution < 1.29 is 4.39 Å². The molecule has 4 nitrogen and oxygen atoms in total. The molecule has 0 aliphatic heterocycles. The number of rotatable bonds is 4. The van der Waals surface area contributed by atoms with Crippen LogP contribution >= 0.6 is 11.8 Å². The summed E-state index contributed by atoms with van der Waals surface area (Å²) < 4.78 is 14.7. The van der Waals surface area contributed by atoms with Crippen molar-refractivity contribution >= 4 is 11.8 Å². The van der Waals surface area contributed by atoms with Crippen LogP contribution < -0.4 is 5.84 Å². The van der Waals surface area contributed by atoms with E-state index in [1.807, 2.05) is 18.2 Å². The highest BCUT2D eigenvalue weighted by molar-refractivity contribution is 7.98. The third-order valence-corrected chi connectivity index (χ3v) is 4.94. The van der Waals surface area contributed by atoms with Gasteiger partial charge in [0, 0.05) is 11.3 Å². The third-order valence-electron chi connectivity index (χ3n) is 3.93. The van der Waals surface area contributed by atoms with Gasteiger partial charge >= 0.3 is 0 Å². The van der Waals surface area contributed by atoms with Crippen LogP contribution in [0, 0.1) is 5.82 Å². The maximum atomic E-state index is 13.2. The summed E-state index contributed by atoms with van der Waals surface area (Å²) in [5.41, 5.74) is 3.14. The van der Waals surface area contributed by atoms with Gasteiger partial charge in [-0.3, -0.25) is 0 Å². The van der Waals surface area contributed by atoms with Gasteiger partial charge in [-0.1, -0.05) is 68.9 Å². The fraction of sp³-hybridized carbons (Fsp3) is 0.263. The average Bonchev–Trinajstić information content (AvgIpc) is 2.93. The molecule has 6 heteroatoms. The number of halogens is 1. The Morgan fingerprint density at radius 2 is 1.80 bits per heavy atom. The van der Waals surface area contributed by atoms with E-state index in [9.17, 15) is 4.39 Å². The molecule has 1 heterocycles. The lowest BCUT2D eigenvalue weighted by molar-refractivity contribution is 0.590. The van der Waals surface area contributed by atoms with Gasteiger partial charge in [0.25, 0.3) is 0 Å². The van der Waals surface area contributed by atoms with Crippen LogP contribution in [0.25, 0.3) is 11.4 Å². The van der Waals surface area contributed by atoms with Crippen LogP contribution in [0.4, 0.5) is 4.39 Å². The highest BCUT2D eigenvalue weighted by atomic mass is 32.2. The summed E-state index contributed by atoms with van der Waals surface area (Å²) in [5.74, 6) is 7.10. The van der Waals surface area contributed by atoms with Gasteiger partial charge in [-0.2, -0.15) is 0 Å². The van der Waals surface area contributed by atoms with E-state index >= 15 is 0 Å². The molecule has 0 unspecified atom stereocenters. The van der Waals surface area contributed by atoms with E-state index in [4.69, 9.17) is 5.84 Å². The minimum atomic E-state index is -0.244. The van der Waals surface area contributed by atoms with Crippen molar-refractivity contribution in [1.29, 1.82) is 0 Å². The van der Waals surface area contributed by atoms with Crippen LogP contribution in [0.2, 0.25) is 0 Å². The first kappa shape index (κ1) is 17.5. The number of hydrogen-bond donors (Lipinski definition) is 1. The summed E-state index contributed by atoms with van der Waals surface area (Å²) in [4.78, 5) is 0. The fourth-order valence-corrected chi connectivity index (χ4v) is 3.27. The number of hydrogen-bond acceptors (Lipinski definition) is 4. The van der Waals surface area contributed by atoms with Crippen LogP contribution in [0.1, 0.15) is 31.9 Å². The van der Waals surface area contributed by atoms with Gasteiger partial charge in [-0.05, 0) is 28.7 Å². The van der Waals surface area contributed by atoms with Crippen molar-refractivity contribution in [3.05, 3.63) is 65.5 Å². The zero-order valence-corrected chi connectivity index (χ0v) is 15.3. The number of benzene rings is 2. The summed E-state index contributed by atoms with van der Waals surface area (Å²) in [7, 11) is 0. The van der Waals surface area contributed by atoms with Gasteiger partial charge in [-0.15, -0.1) is 10.2 Å². The summed E-state index contributed by atoms with van der Waals surface area (Å²) in [6.45, 7) is 6.53. The smallest absolute Gasteiger partial charge is 0.210 e. The lowest BCUT2D eigenvalue weighted by Crippen LogP contribution is -2.12. The second-order valence-corrected chi connectivity index (χ2v) is 7.86. The standard InChI is InChI=1S/C19H21FN4S/c1-19(2,3)15-9-7-14(8-10-15)17-22-23-18(24(17)21)25-12-13-5-4-6-16(20)11-13/h4-11H,12,21H2,1-3H3. The molecule has 0 saturated heterocycles. The summed E-state index contributed by atoms with van der Waals surface area (Å²) >= 11 is 1.43. The first-order valence-corrected chi connectivity index (χ1v) is 9.02. The van der Waals surface area contributed by atoms with E-state index in [1.165, 1.54) is 34.1 Å². The van der Waals surface area contributed by atoms with Gasteiger partial charge in [0.05, 0.1) is 0 Å². The molecule has 2 N–H and O–H groups in total. The second kappa shape index (κ2) is 6.88. The van der Waals surface area contributed by atoms with Gasteiger partial charge in [0.1, 0.15) is 5.82 Å². The van der Waals surface area contributed by atoms with Crippen molar-refractivity contribution in [2.45, 2.75) is 37.1 Å². The highest BCUT2D eigenvalue weighted by Gasteiger charge is 2.16. The Kier molecular flexibility index (Phi) is 4.81. The van der Waals surface area contributed by atoms with Crippen molar-refractivity contribution in [3.8, 4) is 11.4 Å². The number of aromatic nitrogens is 3. The molecule has 0 aliphatic carbocycles. The largest absolute Gasteiger partial charge is 0.335 e. The van der Waals surface area contributed by atoms with E-state index in [0.29, 0.717) is 16.7 Å². The molecule has 0 amide bonds. The zero-order chi connectivity index (χ0) is 18.0. The topological polar surface area (TPSA) is 56.7 Å². The molecule has 0 spiro atoms. The monoisotopic (exact) mass is 356 g/mol. The zero-order valence-electron chi connectivity index (χ0n) is 14.5. The van der Waals surface area contributed by atoms with Crippen molar-refractivity contribution in [2.75, 3.05) is 5.84 Å². The quantitative estimate of drug-likeness (QED) is 0.556. The van der Waals surface area contributed by atoms with Crippen molar-refractivity contribution in [2.24, 2.45) is 0 Å². The molecule has 25 heavy (non-hydrogen) atoms. The second-order valence-electron chi connectivity index (χ2n) is 6.92. The fourth-order valence-electron chi connectivity index (χ4n) is 2.47. The molecule has 130 valence electrons. The lowest BCUT2D eigenvalue weighted by atomic mass is 9.87. The summed E-state index contributed by atoms with van der Waals surface area (Å²) in [6.07, 6.45) is 0. The predicted octanol–water partition coefficient (Wildman–Crippen LogP) is 4.39. The van der Waals surface area contributed by atoms with Crippen molar-refractivity contribution in [1.82, 2.24) is 14.9 Å². The lowest BCUT2D eigenvalue weighted by Gasteiger charge is -2.19. The molecule has 0 aliphatic rings. The van der Waals surface area contributed by atoms with Crippen LogP contribution in [0.5, 0.6) is 0 Å². The van der Waals surface area contributed by atoms with Gasteiger partial charge in [0.15, 0.2) is 5.82 Å². The SMILES string of the molecule is CC(C)(C)c1ccc(-c2nnc(SCc3cccc(F)c3)n2N)cc1. The molecular formula is C19H21FN4S. The Morgan fingerprint density at radius 1 is 1.08 bits per heavy atom. The number of thioether (sulfide) groups is 1. The van der Waals surface area contributed by atoms with E-state index in [-0.39, 0.29) is 11.2 Å². The molecule has 0 saturated carbocycles. The number of nitrogens with two attached hydrogens (primary N) is 1. The highest BCUT2D eigenvalue weighted by Crippen LogP contribution is 2.27. The maximum absolute atomic E-state index is 13.2. The van der Waals surface area contributed by atoms with E-state index in [2.05, 4.69) is 43.1 Å². The first-order valence-electron chi connectivity index (χ1n) is 8.03. The Morgan fingerprint density at radius 3 is 2.44 bits per heavy atom. The van der Waals surface area contributed by atoms with Gasteiger partial charge < -0.3 is 5.84 Å². The van der Waals surface area contributed by atoms with Crippen LogP contribution in [0.3, 0.4) is 0 Å². The van der Waals surface area contributed by atoms with Gasteiger partial charge in [0.2, 0.25) is 5.16 Å². The first-order chi connectivity index (χ1) is 11.8. The molecular weight excluding hydrogens is 335 g/mol. The molecule has 0 radical (unpaired) electrons. The molecule has 3 rings (SSSR count). The van der Waals surface area contributed by atoms with E-state index in [0.717, 1.165) is 11.1 Å². The molecule has 1 aromatic heterocycles. The molecule has 2 aromatic carbocycles. The van der Waals surface area contributed by atoms with Crippen LogP contribution in [-0.4, -0.2) is 14.9 Å². The van der Waals surface area contributed by atoms with Crippen molar-refractivity contribution in [3.63, 3.8) is 0 Å². The van der Waals surface area contributed by atoms with E-state index < -0.39 is 0 Å². The molecule has 3 aromatic rings. The van der Waals surface area contributed by atoms with E-state index in [1.54, 1.807) is 6.07 Å². The summed E-state index contributed by atoms with van der Waals surface area (Å²) in [5, 5.41) is 8.96. The normalized spacial score (nSPS) is 11.7. The molecule has 0 bridgehead atoms. The minimum Gasteiger partial charge on any atom is -0.335 e. The molecule has 0 fully saturated rings. The number of nitrogen functional groups attached to an aromatic ring is 1. The van der Waals surface area contributed by atoms with Crippen LogP contribution in [0.15, 0.2) is 53.7 Å². The maximum Gasteiger partial charge on any atom is 0.210 e. The van der Waals surface area contributed by atoms with Gasteiger partial charge in [-0.25, -0.2) is 9.07 Å². The number of nitrogens with zero attached hydrogens (tertiary/aromatic N) is 3. The molecule has 0 atom stereocenters. The van der Waals surface area contributed by atoms with Crippen LogP contribution in [-0.2, 0) is 11.2 Å². The minimum absolute atomic E-state index is 0.0981. The Bertz CT molecular complexity index is 866. The average molecular weight is 356 g/mol. The Balaban J connectivity index is 1.77.